The minimum Gasteiger partial charge on any atom is -0.310 e. The molecule has 1 fully saturated rings. The normalized spacial score (nSPS) is 18.3. The first-order valence-electron chi connectivity index (χ1n) is 6.92. The lowest BCUT2D eigenvalue weighted by molar-refractivity contribution is 0.388. The van der Waals surface area contributed by atoms with Crippen molar-refractivity contribution < 1.29 is 8.78 Å². The predicted molar refractivity (Wildman–Crippen MR) is 69.3 cm³/mol. The standard InChI is InChI=1S/C15H21F2N/c16-13-8-12(9-14(17)10-13)11-18-15-6-4-2-1-3-5-7-15/h8-10,15,18H,1-7,11H2. The van der Waals surface area contributed by atoms with Crippen LogP contribution in [0.4, 0.5) is 8.78 Å². The molecule has 0 unspecified atom stereocenters. The van der Waals surface area contributed by atoms with Crippen LogP contribution in [-0.2, 0) is 6.54 Å². The molecule has 0 amide bonds. The highest BCUT2D eigenvalue weighted by atomic mass is 19.1. The van der Waals surface area contributed by atoms with Crippen molar-refractivity contribution in [2.75, 3.05) is 0 Å². The van der Waals surface area contributed by atoms with E-state index >= 15 is 0 Å². The largest absolute Gasteiger partial charge is 0.310 e. The Kier molecular flexibility index (Phi) is 5.12. The minimum atomic E-state index is -0.496. The average molecular weight is 253 g/mol. The maximum atomic E-state index is 13.0. The van der Waals surface area contributed by atoms with Crippen LogP contribution in [0, 0.1) is 11.6 Å². The Morgan fingerprint density at radius 3 is 2.06 bits per heavy atom. The van der Waals surface area contributed by atoms with Gasteiger partial charge in [0.2, 0.25) is 0 Å². The van der Waals surface area contributed by atoms with Crippen LogP contribution in [-0.4, -0.2) is 6.04 Å². The van der Waals surface area contributed by atoms with Gasteiger partial charge in [0.05, 0.1) is 0 Å². The Bertz CT molecular complexity index is 351. The Balaban J connectivity index is 1.85. The molecule has 3 heteroatoms. The summed E-state index contributed by atoms with van der Waals surface area (Å²) in [6, 6.07) is 4.22. The third kappa shape index (κ3) is 4.37. The maximum absolute atomic E-state index is 13.0. The molecule has 0 radical (unpaired) electrons. The Labute approximate surface area is 108 Å². The summed E-state index contributed by atoms with van der Waals surface area (Å²) in [4.78, 5) is 0. The topological polar surface area (TPSA) is 12.0 Å². The lowest BCUT2D eigenvalue weighted by Gasteiger charge is -2.21. The van der Waals surface area contributed by atoms with E-state index in [2.05, 4.69) is 5.32 Å². The van der Waals surface area contributed by atoms with Crippen molar-refractivity contribution in [2.45, 2.75) is 57.5 Å². The first-order chi connectivity index (χ1) is 8.74. The van der Waals surface area contributed by atoms with E-state index in [0.29, 0.717) is 18.2 Å². The van der Waals surface area contributed by atoms with Gasteiger partial charge in [-0.1, -0.05) is 32.1 Å². The summed E-state index contributed by atoms with van der Waals surface area (Å²) in [5.74, 6) is -0.992. The summed E-state index contributed by atoms with van der Waals surface area (Å²) in [6.07, 6.45) is 8.85. The number of halogens is 2. The molecule has 2 rings (SSSR count). The van der Waals surface area contributed by atoms with Gasteiger partial charge < -0.3 is 5.32 Å². The summed E-state index contributed by atoms with van der Waals surface area (Å²) >= 11 is 0. The van der Waals surface area contributed by atoms with Crippen molar-refractivity contribution in [3.05, 3.63) is 35.4 Å². The van der Waals surface area contributed by atoms with Gasteiger partial charge in [-0.3, -0.25) is 0 Å². The monoisotopic (exact) mass is 253 g/mol. The molecule has 1 saturated carbocycles. The van der Waals surface area contributed by atoms with Gasteiger partial charge in [0.1, 0.15) is 11.6 Å². The number of hydrogen-bond acceptors (Lipinski definition) is 1. The Morgan fingerprint density at radius 1 is 0.889 bits per heavy atom. The molecule has 1 nitrogen and oxygen atoms in total. The quantitative estimate of drug-likeness (QED) is 0.852. The molecule has 1 aliphatic carbocycles. The zero-order valence-electron chi connectivity index (χ0n) is 10.7. The molecule has 0 saturated heterocycles. The second kappa shape index (κ2) is 6.83. The second-order valence-corrected chi connectivity index (χ2v) is 5.20. The van der Waals surface area contributed by atoms with Gasteiger partial charge in [-0.25, -0.2) is 8.78 Å². The van der Waals surface area contributed by atoms with Crippen LogP contribution in [0.15, 0.2) is 18.2 Å². The molecular weight excluding hydrogens is 232 g/mol. The van der Waals surface area contributed by atoms with Gasteiger partial charge in [0.15, 0.2) is 0 Å². The third-order valence-electron chi connectivity index (χ3n) is 3.62. The van der Waals surface area contributed by atoms with Crippen molar-refractivity contribution in [3.8, 4) is 0 Å². The van der Waals surface area contributed by atoms with Gasteiger partial charge in [0, 0.05) is 18.7 Å². The van der Waals surface area contributed by atoms with Gasteiger partial charge in [-0.15, -0.1) is 0 Å². The summed E-state index contributed by atoms with van der Waals surface area (Å²) in [7, 11) is 0. The lowest BCUT2D eigenvalue weighted by atomic mass is 9.96. The first-order valence-corrected chi connectivity index (χ1v) is 6.92. The van der Waals surface area contributed by atoms with Crippen molar-refractivity contribution >= 4 is 0 Å². The molecule has 1 N–H and O–H groups in total. The number of benzene rings is 1. The highest BCUT2D eigenvalue weighted by Gasteiger charge is 2.11. The van der Waals surface area contributed by atoms with Gasteiger partial charge in [-0.05, 0) is 30.5 Å². The fourth-order valence-electron chi connectivity index (χ4n) is 2.64. The van der Waals surface area contributed by atoms with Crippen molar-refractivity contribution in [1.29, 1.82) is 0 Å². The molecule has 0 atom stereocenters. The minimum absolute atomic E-state index is 0.496. The van der Waals surface area contributed by atoms with E-state index in [1.54, 1.807) is 0 Å². The van der Waals surface area contributed by atoms with Crippen molar-refractivity contribution in [2.24, 2.45) is 0 Å². The molecule has 0 aliphatic heterocycles. The molecule has 0 aromatic heterocycles. The average Bonchev–Trinajstić information content (AvgIpc) is 2.26. The van der Waals surface area contributed by atoms with Crippen LogP contribution < -0.4 is 5.32 Å². The third-order valence-corrected chi connectivity index (χ3v) is 3.62. The van der Waals surface area contributed by atoms with E-state index in [1.165, 1.54) is 57.1 Å². The van der Waals surface area contributed by atoms with Crippen molar-refractivity contribution in [1.82, 2.24) is 5.32 Å². The number of rotatable bonds is 3. The van der Waals surface area contributed by atoms with Crippen molar-refractivity contribution in [3.63, 3.8) is 0 Å². The summed E-state index contributed by atoms with van der Waals surface area (Å²) in [6.45, 7) is 0.555. The molecular formula is C15H21F2N. The van der Waals surface area contributed by atoms with Crippen LogP contribution in [0.25, 0.3) is 0 Å². The van der Waals surface area contributed by atoms with E-state index in [9.17, 15) is 8.78 Å². The zero-order valence-corrected chi connectivity index (χ0v) is 10.7. The van der Waals surface area contributed by atoms with E-state index in [4.69, 9.17) is 0 Å². The van der Waals surface area contributed by atoms with Crippen LogP contribution in [0.5, 0.6) is 0 Å². The Hall–Kier alpha value is -0.960. The maximum Gasteiger partial charge on any atom is 0.126 e. The van der Waals surface area contributed by atoms with Crippen LogP contribution in [0.2, 0.25) is 0 Å². The second-order valence-electron chi connectivity index (χ2n) is 5.20. The predicted octanol–water partition coefficient (Wildman–Crippen LogP) is 4.17. The van der Waals surface area contributed by atoms with Crippen LogP contribution in [0.1, 0.15) is 50.5 Å². The SMILES string of the molecule is Fc1cc(F)cc(CNC2CCCCCCC2)c1. The van der Waals surface area contributed by atoms with E-state index < -0.39 is 11.6 Å². The summed E-state index contributed by atoms with van der Waals surface area (Å²) in [5.41, 5.74) is 0.689. The number of nitrogens with one attached hydrogen (secondary N) is 1. The highest BCUT2D eigenvalue weighted by Crippen LogP contribution is 2.17. The molecule has 1 aromatic rings. The summed E-state index contributed by atoms with van der Waals surface area (Å²) in [5, 5.41) is 3.43. The fourth-order valence-corrected chi connectivity index (χ4v) is 2.64. The smallest absolute Gasteiger partial charge is 0.126 e. The molecule has 1 aromatic carbocycles. The van der Waals surface area contributed by atoms with Gasteiger partial charge >= 0.3 is 0 Å². The molecule has 0 heterocycles. The van der Waals surface area contributed by atoms with Crippen LogP contribution >= 0.6 is 0 Å². The zero-order chi connectivity index (χ0) is 12.8. The molecule has 1 aliphatic rings. The number of hydrogen-bond donors (Lipinski definition) is 1. The lowest BCUT2D eigenvalue weighted by Crippen LogP contribution is -2.29. The molecule has 100 valence electrons. The fraction of sp³-hybridized carbons (Fsp3) is 0.600. The van der Waals surface area contributed by atoms with Crippen LogP contribution in [0.3, 0.4) is 0 Å². The molecule has 0 bridgehead atoms. The highest BCUT2D eigenvalue weighted by molar-refractivity contribution is 5.17. The molecule has 0 spiro atoms. The van der Waals surface area contributed by atoms with Gasteiger partial charge in [0.25, 0.3) is 0 Å². The van der Waals surface area contributed by atoms with E-state index in [1.807, 2.05) is 0 Å². The Morgan fingerprint density at radius 2 is 1.44 bits per heavy atom. The van der Waals surface area contributed by atoms with Gasteiger partial charge in [-0.2, -0.15) is 0 Å². The first kappa shape index (κ1) is 13.5. The van der Waals surface area contributed by atoms with E-state index in [-0.39, 0.29) is 0 Å². The van der Waals surface area contributed by atoms with E-state index in [0.717, 1.165) is 6.07 Å². The molecule has 18 heavy (non-hydrogen) atoms. The summed E-state index contributed by atoms with van der Waals surface area (Å²) < 4.78 is 26.1.